The lowest BCUT2D eigenvalue weighted by atomic mass is 10.0. The SMILES string of the molecule is CC(C)C1CN(C(=O)CCc2ccc(C#N)cc2)CCO1. The van der Waals surface area contributed by atoms with Gasteiger partial charge in [-0.25, -0.2) is 0 Å². The lowest BCUT2D eigenvalue weighted by molar-refractivity contribution is -0.140. The Morgan fingerprint density at radius 1 is 1.43 bits per heavy atom. The first-order valence-electron chi connectivity index (χ1n) is 7.48. The normalized spacial score (nSPS) is 18.6. The summed E-state index contributed by atoms with van der Waals surface area (Å²) in [5, 5.41) is 8.76. The van der Waals surface area contributed by atoms with Crippen LogP contribution in [0.5, 0.6) is 0 Å². The van der Waals surface area contributed by atoms with E-state index in [9.17, 15) is 4.79 Å². The summed E-state index contributed by atoms with van der Waals surface area (Å²) < 4.78 is 5.68. The van der Waals surface area contributed by atoms with E-state index in [4.69, 9.17) is 10.00 Å². The summed E-state index contributed by atoms with van der Waals surface area (Å²) in [6, 6.07) is 9.52. The van der Waals surface area contributed by atoms with Crippen LogP contribution in [0.2, 0.25) is 0 Å². The average Bonchev–Trinajstić information content (AvgIpc) is 2.53. The summed E-state index contributed by atoms with van der Waals surface area (Å²) in [5.74, 6) is 0.618. The van der Waals surface area contributed by atoms with Gasteiger partial charge in [-0.05, 0) is 30.0 Å². The van der Waals surface area contributed by atoms with Crippen molar-refractivity contribution < 1.29 is 9.53 Å². The van der Waals surface area contributed by atoms with E-state index in [1.807, 2.05) is 17.0 Å². The first-order valence-corrected chi connectivity index (χ1v) is 7.48. The van der Waals surface area contributed by atoms with Crippen LogP contribution in [0.1, 0.15) is 31.4 Å². The van der Waals surface area contributed by atoms with Crippen molar-refractivity contribution in [1.29, 1.82) is 5.26 Å². The van der Waals surface area contributed by atoms with Gasteiger partial charge >= 0.3 is 0 Å². The van der Waals surface area contributed by atoms with Gasteiger partial charge in [-0.1, -0.05) is 26.0 Å². The number of hydrogen-bond acceptors (Lipinski definition) is 3. The number of nitriles is 1. The monoisotopic (exact) mass is 286 g/mol. The van der Waals surface area contributed by atoms with Crippen LogP contribution < -0.4 is 0 Å². The molecule has 4 nitrogen and oxygen atoms in total. The third-order valence-electron chi connectivity index (χ3n) is 3.90. The molecule has 1 aromatic carbocycles. The van der Waals surface area contributed by atoms with Crippen molar-refractivity contribution in [2.24, 2.45) is 5.92 Å². The van der Waals surface area contributed by atoms with E-state index in [0.29, 0.717) is 44.0 Å². The van der Waals surface area contributed by atoms with Gasteiger partial charge in [0.05, 0.1) is 24.3 Å². The van der Waals surface area contributed by atoms with E-state index in [0.717, 1.165) is 5.56 Å². The number of amides is 1. The lowest BCUT2D eigenvalue weighted by Gasteiger charge is -2.35. The van der Waals surface area contributed by atoms with Gasteiger partial charge in [0.15, 0.2) is 0 Å². The van der Waals surface area contributed by atoms with E-state index >= 15 is 0 Å². The molecule has 0 radical (unpaired) electrons. The van der Waals surface area contributed by atoms with Gasteiger partial charge in [0.1, 0.15) is 0 Å². The molecule has 1 aliphatic rings. The van der Waals surface area contributed by atoms with Gasteiger partial charge in [-0.2, -0.15) is 5.26 Å². The molecule has 1 unspecified atom stereocenters. The van der Waals surface area contributed by atoms with Gasteiger partial charge in [0.2, 0.25) is 5.91 Å². The zero-order valence-electron chi connectivity index (χ0n) is 12.7. The van der Waals surface area contributed by atoms with E-state index in [1.54, 1.807) is 12.1 Å². The number of morpholine rings is 1. The number of carbonyl (C=O) groups is 1. The molecule has 1 aliphatic heterocycles. The second-order valence-electron chi connectivity index (χ2n) is 5.80. The van der Waals surface area contributed by atoms with Crippen LogP contribution in [0, 0.1) is 17.2 Å². The average molecular weight is 286 g/mol. The Morgan fingerprint density at radius 3 is 2.76 bits per heavy atom. The number of aryl methyl sites for hydroxylation is 1. The summed E-state index contributed by atoms with van der Waals surface area (Å²) in [5.41, 5.74) is 1.74. The van der Waals surface area contributed by atoms with Crippen LogP contribution in [0.3, 0.4) is 0 Å². The van der Waals surface area contributed by atoms with Crippen LogP contribution in [-0.2, 0) is 16.0 Å². The highest BCUT2D eigenvalue weighted by atomic mass is 16.5. The summed E-state index contributed by atoms with van der Waals surface area (Å²) in [7, 11) is 0. The molecule has 4 heteroatoms. The topological polar surface area (TPSA) is 53.3 Å². The fourth-order valence-electron chi connectivity index (χ4n) is 2.46. The Bertz CT molecular complexity index is 517. The largest absolute Gasteiger partial charge is 0.374 e. The minimum atomic E-state index is 0.151. The van der Waals surface area contributed by atoms with Crippen molar-refractivity contribution in [3.63, 3.8) is 0 Å². The standard InChI is InChI=1S/C17H22N2O2/c1-13(2)16-12-19(9-10-21-16)17(20)8-7-14-3-5-15(11-18)6-4-14/h3-6,13,16H,7-10,12H2,1-2H3. The molecule has 0 N–H and O–H groups in total. The molecule has 112 valence electrons. The minimum Gasteiger partial charge on any atom is -0.374 e. The number of benzene rings is 1. The Labute approximate surface area is 126 Å². The summed E-state index contributed by atoms with van der Waals surface area (Å²) >= 11 is 0. The molecular weight excluding hydrogens is 264 g/mol. The van der Waals surface area contributed by atoms with Gasteiger partial charge < -0.3 is 9.64 Å². The van der Waals surface area contributed by atoms with E-state index in [-0.39, 0.29) is 12.0 Å². The maximum Gasteiger partial charge on any atom is 0.223 e. The minimum absolute atomic E-state index is 0.151. The molecule has 21 heavy (non-hydrogen) atoms. The van der Waals surface area contributed by atoms with Gasteiger partial charge in [-0.3, -0.25) is 4.79 Å². The fourth-order valence-corrected chi connectivity index (χ4v) is 2.46. The van der Waals surface area contributed by atoms with Crippen molar-refractivity contribution in [3.8, 4) is 6.07 Å². The van der Waals surface area contributed by atoms with Crippen molar-refractivity contribution in [2.75, 3.05) is 19.7 Å². The quantitative estimate of drug-likeness (QED) is 0.854. The second kappa shape index (κ2) is 7.24. The van der Waals surface area contributed by atoms with Crippen LogP contribution >= 0.6 is 0 Å². The number of carbonyl (C=O) groups excluding carboxylic acids is 1. The molecule has 1 aromatic rings. The third-order valence-corrected chi connectivity index (χ3v) is 3.90. The van der Waals surface area contributed by atoms with Crippen LogP contribution in [0.4, 0.5) is 0 Å². The predicted molar refractivity (Wildman–Crippen MR) is 80.6 cm³/mol. The maximum absolute atomic E-state index is 12.3. The Hall–Kier alpha value is -1.86. The summed E-state index contributed by atoms with van der Waals surface area (Å²) in [6.45, 7) is 6.26. The molecular formula is C17H22N2O2. The molecule has 2 rings (SSSR count). The molecule has 1 heterocycles. The molecule has 0 bridgehead atoms. The zero-order chi connectivity index (χ0) is 15.2. The highest BCUT2D eigenvalue weighted by Gasteiger charge is 2.25. The van der Waals surface area contributed by atoms with Gasteiger partial charge in [0.25, 0.3) is 0 Å². The summed E-state index contributed by atoms with van der Waals surface area (Å²) in [4.78, 5) is 14.2. The smallest absolute Gasteiger partial charge is 0.223 e. The van der Waals surface area contributed by atoms with E-state index in [1.165, 1.54) is 0 Å². The Morgan fingerprint density at radius 2 is 2.14 bits per heavy atom. The van der Waals surface area contributed by atoms with Crippen molar-refractivity contribution in [2.45, 2.75) is 32.8 Å². The zero-order valence-corrected chi connectivity index (χ0v) is 12.7. The van der Waals surface area contributed by atoms with Crippen LogP contribution in [0.15, 0.2) is 24.3 Å². The van der Waals surface area contributed by atoms with Gasteiger partial charge in [0, 0.05) is 19.5 Å². The lowest BCUT2D eigenvalue weighted by Crippen LogP contribution is -2.47. The second-order valence-corrected chi connectivity index (χ2v) is 5.80. The number of rotatable bonds is 4. The predicted octanol–water partition coefficient (Wildman–Crippen LogP) is 2.37. The Kier molecular flexibility index (Phi) is 5.35. The molecule has 1 fully saturated rings. The maximum atomic E-state index is 12.3. The highest BCUT2D eigenvalue weighted by Crippen LogP contribution is 2.15. The first kappa shape index (κ1) is 15.5. The molecule has 0 saturated carbocycles. The van der Waals surface area contributed by atoms with Crippen molar-refractivity contribution in [1.82, 2.24) is 4.90 Å². The van der Waals surface area contributed by atoms with E-state index in [2.05, 4.69) is 19.9 Å². The number of ether oxygens (including phenoxy) is 1. The van der Waals surface area contributed by atoms with Crippen molar-refractivity contribution in [3.05, 3.63) is 35.4 Å². The number of nitrogens with zero attached hydrogens (tertiary/aromatic N) is 2. The first-order chi connectivity index (χ1) is 10.1. The Balaban J connectivity index is 1.85. The fraction of sp³-hybridized carbons (Fsp3) is 0.529. The van der Waals surface area contributed by atoms with Crippen molar-refractivity contribution >= 4 is 5.91 Å². The molecule has 0 aromatic heterocycles. The highest BCUT2D eigenvalue weighted by molar-refractivity contribution is 5.76. The van der Waals surface area contributed by atoms with Gasteiger partial charge in [-0.15, -0.1) is 0 Å². The van der Waals surface area contributed by atoms with Crippen LogP contribution in [0.25, 0.3) is 0 Å². The number of hydrogen-bond donors (Lipinski definition) is 0. The van der Waals surface area contributed by atoms with Crippen LogP contribution in [-0.4, -0.2) is 36.6 Å². The molecule has 1 saturated heterocycles. The molecule has 0 aliphatic carbocycles. The molecule has 1 amide bonds. The summed E-state index contributed by atoms with van der Waals surface area (Å²) in [6.07, 6.45) is 1.38. The van der Waals surface area contributed by atoms with E-state index < -0.39 is 0 Å². The third kappa shape index (κ3) is 4.30. The molecule has 0 spiro atoms. The molecule has 1 atom stereocenters.